The highest BCUT2D eigenvalue weighted by Crippen LogP contribution is 2.33. The van der Waals surface area contributed by atoms with Gasteiger partial charge in [0.15, 0.2) is 5.78 Å². The Hall–Kier alpha value is -1.20. The van der Waals surface area contributed by atoms with Gasteiger partial charge in [0.25, 0.3) is 0 Å². The summed E-state index contributed by atoms with van der Waals surface area (Å²) in [6, 6.07) is 0. The van der Waals surface area contributed by atoms with Gasteiger partial charge in [-0.15, -0.1) is 0 Å². The summed E-state index contributed by atoms with van der Waals surface area (Å²) in [6.45, 7) is 1.17. The Morgan fingerprint density at radius 2 is 1.91 bits per heavy atom. The summed E-state index contributed by atoms with van der Waals surface area (Å²) in [5, 5.41) is 8.35. The van der Waals surface area contributed by atoms with Crippen molar-refractivity contribution in [1.82, 2.24) is 4.90 Å². The normalized spacial score (nSPS) is 31.5. The van der Waals surface area contributed by atoms with E-state index in [1.165, 1.54) is 24.0 Å². The van der Waals surface area contributed by atoms with Crippen LogP contribution in [-0.2, 0) is 14.3 Å². The van der Waals surface area contributed by atoms with Gasteiger partial charge in [-0.1, -0.05) is 0 Å². The van der Waals surface area contributed by atoms with Crippen LogP contribution in [0.2, 0.25) is 0 Å². The summed E-state index contributed by atoms with van der Waals surface area (Å²) < 4.78 is 11.0. The highest BCUT2D eigenvalue weighted by molar-refractivity contribution is 6.01. The van der Waals surface area contributed by atoms with E-state index in [0.29, 0.717) is 12.4 Å². The zero-order valence-corrected chi connectivity index (χ0v) is 14.3. The molecule has 1 heterocycles. The molecule has 0 radical (unpaired) electrons. The van der Waals surface area contributed by atoms with Crippen molar-refractivity contribution >= 4 is 11.6 Å². The van der Waals surface area contributed by atoms with Crippen LogP contribution in [0.15, 0.2) is 11.1 Å². The Balaban J connectivity index is 1.57. The maximum absolute atomic E-state index is 12.7. The largest absolute Gasteiger partial charge is 0.379 e. The van der Waals surface area contributed by atoms with Crippen molar-refractivity contribution in [1.29, 1.82) is 5.41 Å². The van der Waals surface area contributed by atoms with Crippen molar-refractivity contribution in [3.63, 3.8) is 0 Å². The molecule has 5 nitrogen and oxygen atoms in total. The van der Waals surface area contributed by atoms with Crippen LogP contribution in [0.3, 0.4) is 0 Å². The molecule has 5 heteroatoms. The number of hydrogen-bond acceptors (Lipinski definition) is 4. The lowest BCUT2D eigenvalue weighted by Crippen LogP contribution is -2.42. The van der Waals surface area contributed by atoms with Crippen LogP contribution in [0.4, 0.5) is 0 Å². The summed E-state index contributed by atoms with van der Waals surface area (Å²) in [5.41, 5.74) is 2.61. The molecule has 0 spiro atoms. The predicted molar refractivity (Wildman–Crippen MR) is 88.7 cm³/mol. The number of ketones is 1. The summed E-state index contributed by atoms with van der Waals surface area (Å²) in [5.74, 6) is 0.893. The monoisotopic (exact) mass is 320 g/mol. The maximum atomic E-state index is 12.7. The van der Waals surface area contributed by atoms with E-state index < -0.39 is 0 Å². The lowest BCUT2D eigenvalue weighted by molar-refractivity contribution is -0.129. The SMILES string of the molecule is COC1CCC(C(=O)CN2CC3=C(CCCC3)C2=N)CC1OC. The number of nitrogens with zero attached hydrogens (tertiary/aromatic N) is 1. The quantitative estimate of drug-likeness (QED) is 0.845. The zero-order valence-electron chi connectivity index (χ0n) is 14.3. The second-order valence-electron chi connectivity index (χ2n) is 7.02. The van der Waals surface area contributed by atoms with Crippen LogP contribution in [0.5, 0.6) is 0 Å². The van der Waals surface area contributed by atoms with E-state index in [1.807, 2.05) is 4.90 Å². The first-order valence-corrected chi connectivity index (χ1v) is 8.77. The molecule has 3 unspecified atom stereocenters. The van der Waals surface area contributed by atoms with E-state index in [-0.39, 0.29) is 23.9 Å². The molecule has 3 rings (SSSR count). The summed E-state index contributed by atoms with van der Waals surface area (Å²) in [7, 11) is 3.40. The fourth-order valence-electron chi connectivity index (χ4n) is 4.29. The molecule has 3 aliphatic rings. The number of nitrogens with one attached hydrogen (secondary N) is 1. The van der Waals surface area contributed by atoms with E-state index >= 15 is 0 Å². The van der Waals surface area contributed by atoms with Crippen LogP contribution >= 0.6 is 0 Å². The number of carbonyl (C=O) groups excluding carboxylic acids is 1. The van der Waals surface area contributed by atoms with Gasteiger partial charge in [0, 0.05) is 26.7 Å². The Morgan fingerprint density at radius 3 is 2.61 bits per heavy atom. The maximum Gasteiger partial charge on any atom is 0.155 e. The van der Waals surface area contributed by atoms with Crippen molar-refractivity contribution in [2.45, 2.75) is 57.2 Å². The van der Waals surface area contributed by atoms with Crippen LogP contribution in [0, 0.1) is 11.3 Å². The summed E-state index contributed by atoms with van der Waals surface area (Å²) >= 11 is 0. The van der Waals surface area contributed by atoms with Gasteiger partial charge < -0.3 is 14.4 Å². The molecular formula is C18H28N2O3. The minimum atomic E-state index is 0.00654. The van der Waals surface area contributed by atoms with Crippen LogP contribution < -0.4 is 0 Å². The molecule has 3 atom stereocenters. The van der Waals surface area contributed by atoms with Gasteiger partial charge in [0.2, 0.25) is 0 Å². The molecule has 1 fully saturated rings. The van der Waals surface area contributed by atoms with E-state index in [0.717, 1.165) is 38.6 Å². The number of Topliss-reactive ketones (excluding diaryl/α,β-unsaturated/α-hetero) is 1. The Labute approximate surface area is 138 Å². The summed E-state index contributed by atoms with van der Waals surface area (Å²) in [6.07, 6.45) is 7.11. The van der Waals surface area contributed by atoms with Gasteiger partial charge in [0.1, 0.15) is 5.84 Å². The van der Waals surface area contributed by atoms with Gasteiger partial charge in [-0.3, -0.25) is 10.2 Å². The van der Waals surface area contributed by atoms with Crippen molar-refractivity contribution in [3.8, 4) is 0 Å². The van der Waals surface area contributed by atoms with Crippen molar-refractivity contribution < 1.29 is 14.3 Å². The minimum absolute atomic E-state index is 0.00654. The van der Waals surface area contributed by atoms with Gasteiger partial charge in [0.05, 0.1) is 18.8 Å². The molecule has 0 aromatic rings. The molecule has 0 aromatic carbocycles. The van der Waals surface area contributed by atoms with Gasteiger partial charge in [-0.2, -0.15) is 0 Å². The molecule has 1 N–H and O–H groups in total. The molecule has 1 saturated carbocycles. The first kappa shape index (κ1) is 16.7. The van der Waals surface area contributed by atoms with Gasteiger partial charge in [-0.05, 0) is 56.1 Å². The Bertz CT molecular complexity index is 514. The number of methoxy groups -OCH3 is 2. The molecule has 0 amide bonds. The Morgan fingerprint density at radius 1 is 1.17 bits per heavy atom. The molecule has 2 aliphatic carbocycles. The lowest BCUT2D eigenvalue weighted by atomic mass is 9.82. The Kier molecular flexibility index (Phi) is 5.17. The van der Waals surface area contributed by atoms with Gasteiger partial charge >= 0.3 is 0 Å². The van der Waals surface area contributed by atoms with Crippen LogP contribution in [0.25, 0.3) is 0 Å². The fourth-order valence-corrected chi connectivity index (χ4v) is 4.29. The molecule has 0 saturated heterocycles. The second kappa shape index (κ2) is 7.14. The number of amidine groups is 1. The van der Waals surface area contributed by atoms with Crippen molar-refractivity contribution in [3.05, 3.63) is 11.1 Å². The summed E-state index contributed by atoms with van der Waals surface area (Å²) in [4.78, 5) is 14.7. The number of ether oxygens (including phenoxy) is 2. The molecular weight excluding hydrogens is 292 g/mol. The molecule has 128 valence electrons. The van der Waals surface area contributed by atoms with Crippen LogP contribution in [0.1, 0.15) is 44.9 Å². The van der Waals surface area contributed by atoms with Crippen molar-refractivity contribution in [2.75, 3.05) is 27.3 Å². The fraction of sp³-hybridized carbons (Fsp3) is 0.778. The third kappa shape index (κ3) is 3.36. The standard InChI is InChI=1S/C18H28N2O3/c1-22-16-8-7-12(9-17(16)23-2)15(21)11-20-10-13-5-3-4-6-14(13)18(20)19/h12,16-17,19H,3-11H2,1-2H3. The second-order valence-corrected chi connectivity index (χ2v) is 7.02. The number of carbonyl (C=O) groups is 1. The lowest BCUT2D eigenvalue weighted by Gasteiger charge is -2.34. The number of rotatable bonds is 5. The molecule has 23 heavy (non-hydrogen) atoms. The van der Waals surface area contributed by atoms with E-state index in [2.05, 4.69) is 0 Å². The van der Waals surface area contributed by atoms with E-state index in [9.17, 15) is 4.79 Å². The van der Waals surface area contributed by atoms with Crippen LogP contribution in [-0.4, -0.2) is 56.0 Å². The highest BCUT2D eigenvalue weighted by Gasteiger charge is 2.36. The average molecular weight is 320 g/mol. The zero-order chi connectivity index (χ0) is 16.4. The molecule has 0 aromatic heterocycles. The molecule has 0 bridgehead atoms. The first-order valence-electron chi connectivity index (χ1n) is 8.77. The topological polar surface area (TPSA) is 62.6 Å². The van der Waals surface area contributed by atoms with E-state index in [4.69, 9.17) is 14.9 Å². The third-order valence-electron chi connectivity index (χ3n) is 5.70. The first-order chi connectivity index (χ1) is 11.1. The number of hydrogen-bond donors (Lipinski definition) is 1. The smallest absolute Gasteiger partial charge is 0.155 e. The predicted octanol–water partition coefficient (Wildman–Crippen LogP) is 2.55. The highest BCUT2D eigenvalue weighted by atomic mass is 16.5. The van der Waals surface area contributed by atoms with E-state index in [1.54, 1.807) is 14.2 Å². The van der Waals surface area contributed by atoms with Crippen molar-refractivity contribution in [2.24, 2.45) is 5.92 Å². The molecule has 1 aliphatic heterocycles. The minimum Gasteiger partial charge on any atom is -0.379 e. The van der Waals surface area contributed by atoms with Gasteiger partial charge in [-0.25, -0.2) is 0 Å². The average Bonchev–Trinajstić information content (AvgIpc) is 2.90. The third-order valence-corrected chi connectivity index (χ3v) is 5.70.